The van der Waals surface area contributed by atoms with Crippen LogP contribution in [0.1, 0.15) is 67.8 Å². The SMILES string of the molecule is CC(NC(=O)c1cccc2c1NCCC2)C12CC3CC(CC(O)(C3)C1)C2. The molecule has 4 aliphatic carbocycles. The average Bonchev–Trinajstić information content (AvgIpc) is 2.59. The summed E-state index contributed by atoms with van der Waals surface area (Å²) in [5, 5.41) is 17.8. The first-order valence-electron chi connectivity index (χ1n) is 10.4. The summed E-state index contributed by atoms with van der Waals surface area (Å²) < 4.78 is 0. The van der Waals surface area contributed by atoms with Crippen molar-refractivity contribution in [3.63, 3.8) is 0 Å². The third-order valence-electron chi connectivity index (χ3n) is 7.66. The van der Waals surface area contributed by atoms with Gasteiger partial charge in [-0.15, -0.1) is 0 Å². The first-order valence-corrected chi connectivity index (χ1v) is 10.4. The van der Waals surface area contributed by atoms with Crippen molar-refractivity contribution in [3.05, 3.63) is 29.3 Å². The fourth-order valence-corrected chi connectivity index (χ4v) is 6.92. The Morgan fingerprint density at radius 2 is 2.04 bits per heavy atom. The second-order valence-corrected chi connectivity index (χ2v) is 9.61. The molecule has 0 spiro atoms. The average molecular weight is 354 g/mol. The quantitative estimate of drug-likeness (QED) is 0.779. The Bertz CT molecular complexity index is 730. The third-order valence-corrected chi connectivity index (χ3v) is 7.66. The van der Waals surface area contributed by atoms with Gasteiger partial charge in [0.15, 0.2) is 0 Å². The molecule has 3 atom stereocenters. The molecular formula is C22H30N2O2. The number of benzene rings is 1. The van der Waals surface area contributed by atoms with Gasteiger partial charge in [-0.25, -0.2) is 0 Å². The predicted octanol–water partition coefficient (Wildman–Crippen LogP) is 3.49. The molecule has 4 heteroatoms. The highest BCUT2D eigenvalue weighted by molar-refractivity contribution is 6.00. The van der Waals surface area contributed by atoms with Gasteiger partial charge in [-0.1, -0.05) is 12.1 Å². The van der Waals surface area contributed by atoms with Crippen molar-refractivity contribution in [2.24, 2.45) is 17.3 Å². The Balaban J connectivity index is 1.38. The molecule has 6 rings (SSSR count). The summed E-state index contributed by atoms with van der Waals surface area (Å²) in [5.41, 5.74) is 2.65. The summed E-state index contributed by atoms with van der Waals surface area (Å²) in [6.07, 6.45) is 8.58. The monoisotopic (exact) mass is 354 g/mol. The van der Waals surface area contributed by atoms with Gasteiger partial charge in [-0.2, -0.15) is 0 Å². The number of hydrogen-bond donors (Lipinski definition) is 3. The van der Waals surface area contributed by atoms with Crippen molar-refractivity contribution in [1.82, 2.24) is 5.32 Å². The van der Waals surface area contributed by atoms with Gasteiger partial charge in [0.25, 0.3) is 5.91 Å². The number of nitrogens with one attached hydrogen (secondary N) is 2. The van der Waals surface area contributed by atoms with E-state index in [-0.39, 0.29) is 17.4 Å². The molecule has 4 bridgehead atoms. The highest BCUT2D eigenvalue weighted by Crippen LogP contribution is 2.62. The van der Waals surface area contributed by atoms with Crippen molar-refractivity contribution in [2.45, 2.75) is 69.9 Å². The van der Waals surface area contributed by atoms with Gasteiger partial charge in [-0.3, -0.25) is 4.79 Å². The van der Waals surface area contributed by atoms with Gasteiger partial charge in [0, 0.05) is 12.6 Å². The Morgan fingerprint density at radius 3 is 2.77 bits per heavy atom. The number of carbonyl (C=O) groups is 1. The lowest BCUT2D eigenvalue weighted by Crippen LogP contribution is -2.61. The molecule has 4 saturated carbocycles. The molecule has 140 valence electrons. The maximum Gasteiger partial charge on any atom is 0.253 e. The van der Waals surface area contributed by atoms with Crippen molar-refractivity contribution in [3.8, 4) is 0 Å². The van der Waals surface area contributed by atoms with Crippen LogP contribution in [0.4, 0.5) is 5.69 Å². The number of carbonyl (C=O) groups excluding carboxylic acids is 1. The van der Waals surface area contributed by atoms with Gasteiger partial charge in [0.2, 0.25) is 0 Å². The zero-order valence-electron chi connectivity index (χ0n) is 15.7. The molecule has 3 N–H and O–H groups in total. The van der Waals surface area contributed by atoms with E-state index in [1.165, 1.54) is 24.8 Å². The minimum Gasteiger partial charge on any atom is -0.390 e. The Labute approximate surface area is 155 Å². The smallest absolute Gasteiger partial charge is 0.253 e. The number of anilines is 1. The zero-order chi connectivity index (χ0) is 17.9. The first kappa shape index (κ1) is 16.6. The Kier molecular flexibility index (Phi) is 3.66. The van der Waals surface area contributed by atoms with Gasteiger partial charge >= 0.3 is 0 Å². The van der Waals surface area contributed by atoms with E-state index in [1.54, 1.807) is 0 Å². The van der Waals surface area contributed by atoms with E-state index in [2.05, 4.69) is 23.6 Å². The van der Waals surface area contributed by atoms with Crippen LogP contribution in [0.15, 0.2) is 18.2 Å². The van der Waals surface area contributed by atoms with Crippen LogP contribution in [0.3, 0.4) is 0 Å². The summed E-state index contributed by atoms with van der Waals surface area (Å²) in [7, 11) is 0. The predicted molar refractivity (Wildman–Crippen MR) is 102 cm³/mol. The molecule has 4 nitrogen and oxygen atoms in total. The summed E-state index contributed by atoms with van der Waals surface area (Å²) >= 11 is 0. The molecule has 0 radical (unpaired) electrons. The number of fused-ring (bicyclic) bond motifs is 1. The normalized spacial score (nSPS) is 38.4. The molecule has 0 aromatic heterocycles. The van der Waals surface area contributed by atoms with Gasteiger partial charge in [-0.05, 0) is 87.2 Å². The molecule has 26 heavy (non-hydrogen) atoms. The van der Waals surface area contributed by atoms with Crippen LogP contribution < -0.4 is 10.6 Å². The molecule has 1 aromatic carbocycles. The number of aliphatic hydroxyl groups is 1. The summed E-state index contributed by atoms with van der Waals surface area (Å²) in [4.78, 5) is 13.1. The van der Waals surface area contributed by atoms with E-state index in [0.717, 1.165) is 49.9 Å². The summed E-state index contributed by atoms with van der Waals surface area (Å²) in [5.74, 6) is 1.32. The van der Waals surface area contributed by atoms with Crippen LogP contribution in [0, 0.1) is 17.3 Å². The molecule has 1 amide bonds. The van der Waals surface area contributed by atoms with Crippen LogP contribution in [0.5, 0.6) is 0 Å². The molecule has 4 fully saturated rings. The number of amides is 1. The Morgan fingerprint density at radius 1 is 1.27 bits per heavy atom. The molecule has 1 aromatic rings. The molecule has 1 aliphatic heterocycles. The molecule has 0 saturated heterocycles. The summed E-state index contributed by atoms with van der Waals surface area (Å²) in [6, 6.07) is 6.16. The standard InChI is InChI=1S/C22H30N2O2/c1-14(21-9-15-8-16(10-21)12-22(26,11-15)13-21)24-20(25)18-6-2-4-17-5-3-7-23-19(17)18/h2,4,6,14-16,23,26H,3,5,7-13H2,1H3,(H,24,25). The molecule has 1 heterocycles. The van der Waals surface area contributed by atoms with Crippen LogP contribution in [-0.4, -0.2) is 29.2 Å². The summed E-state index contributed by atoms with van der Waals surface area (Å²) in [6.45, 7) is 3.10. The van der Waals surface area contributed by atoms with E-state index < -0.39 is 5.60 Å². The van der Waals surface area contributed by atoms with E-state index >= 15 is 0 Å². The maximum absolute atomic E-state index is 13.1. The number of para-hydroxylation sites is 1. The van der Waals surface area contributed by atoms with Crippen LogP contribution in [-0.2, 0) is 6.42 Å². The van der Waals surface area contributed by atoms with E-state index in [1.807, 2.05) is 12.1 Å². The second kappa shape index (κ2) is 5.72. The molecular weight excluding hydrogens is 324 g/mol. The zero-order valence-corrected chi connectivity index (χ0v) is 15.7. The lowest BCUT2D eigenvalue weighted by Gasteiger charge is -2.62. The first-order chi connectivity index (χ1) is 12.5. The van der Waals surface area contributed by atoms with E-state index in [0.29, 0.717) is 11.8 Å². The van der Waals surface area contributed by atoms with Crippen molar-refractivity contribution >= 4 is 11.6 Å². The van der Waals surface area contributed by atoms with Gasteiger partial charge in [0.05, 0.1) is 16.9 Å². The van der Waals surface area contributed by atoms with Gasteiger partial charge in [0.1, 0.15) is 0 Å². The molecule has 3 unspecified atom stereocenters. The minimum atomic E-state index is -0.476. The lowest BCUT2D eigenvalue weighted by molar-refractivity contribution is -0.171. The second-order valence-electron chi connectivity index (χ2n) is 9.61. The third kappa shape index (κ3) is 2.57. The fraction of sp³-hybridized carbons (Fsp3) is 0.682. The number of aryl methyl sites for hydroxylation is 1. The number of hydrogen-bond acceptors (Lipinski definition) is 3. The minimum absolute atomic E-state index is 0.0338. The van der Waals surface area contributed by atoms with E-state index in [9.17, 15) is 9.90 Å². The highest BCUT2D eigenvalue weighted by atomic mass is 16.3. The maximum atomic E-state index is 13.1. The van der Waals surface area contributed by atoms with Crippen LogP contribution >= 0.6 is 0 Å². The molecule has 5 aliphatic rings. The van der Waals surface area contributed by atoms with Crippen LogP contribution in [0.2, 0.25) is 0 Å². The van der Waals surface area contributed by atoms with Crippen LogP contribution in [0.25, 0.3) is 0 Å². The van der Waals surface area contributed by atoms with Gasteiger partial charge < -0.3 is 15.7 Å². The van der Waals surface area contributed by atoms with E-state index in [4.69, 9.17) is 0 Å². The van der Waals surface area contributed by atoms with Crippen molar-refractivity contribution in [2.75, 3.05) is 11.9 Å². The Hall–Kier alpha value is -1.55. The largest absolute Gasteiger partial charge is 0.390 e. The topological polar surface area (TPSA) is 61.4 Å². The highest BCUT2D eigenvalue weighted by Gasteiger charge is 2.59. The fourth-order valence-electron chi connectivity index (χ4n) is 6.92. The lowest BCUT2D eigenvalue weighted by atomic mass is 9.46. The van der Waals surface area contributed by atoms with Crippen molar-refractivity contribution < 1.29 is 9.90 Å². The number of rotatable bonds is 3. The van der Waals surface area contributed by atoms with Crippen molar-refractivity contribution in [1.29, 1.82) is 0 Å².